The summed E-state index contributed by atoms with van der Waals surface area (Å²) in [5.74, 6) is 0.00927. The first-order chi connectivity index (χ1) is 11.7. The molecule has 0 saturated heterocycles. The molecule has 0 saturated carbocycles. The zero-order valence-electron chi connectivity index (χ0n) is 12.4. The van der Waals surface area contributed by atoms with E-state index in [1.807, 2.05) is 24.3 Å². The third-order valence-electron chi connectivity index (χ3n) is 3.59. The number of anilines is 1. The van der Waals surface area contributed by atoms with Gasteiger partial charge in [-0.25, -0.2) is 9.37 Å². The van der Waals surface area contributed by atoms with Crippen LogP contribution in [0.15, 0.2) is 65.7 Å². The summed E-state index contributed by atoms with van der Waals surface area (Å²) < 4.78 is 33.3. The minimum absolute atomic E-state index is 0.00514. The molecular formula is C17H12FN3O2S. The molecule has 5 nitrogen and oxygen atoms in total. The SMILES string of the molecule is [O-][S+]1c2ccccc2CN1c1ccnc(Oc2ccccc2F)n1. The van der Waals surface area contributed by atoms with Crippen LogP contribution in [0, 0.1) is 5.82 Å². The highest BCUT2D eigenvalue weighted by Gasteiger charge is 2.35. The number of hydrogen-bond donors (Lipinski definition) is 0. The lowest BCUT2D eigenvalue weighted by Gasteiger charge is -2.17. The Morgan fingerprint density at radius 3 is 2.71 bits per heavy atom. The lowest BCUT2D eigenvalue weighted by molar-refractivity contribution is 0.411. The van der Waals surface area contributed by atoms with Gasteiger partial charge in [-0.05, 0) is 18.2 Å². The predicted octanol–water partition coefficient (Wildman–Crippen LogP) is 3.45. The first-order valence-electron chi connectivity index (χ1n) is 7.25. The summed E-state index contributed by atoms with van der Waals surface area (Å²) in [6.07, 6.45) is 1.50. The highest BCUT2D eigenvalue weighted by molar-refractivity contribution is 7.93. The number of halogens is 1. The Balaban J connectivity index is 1.61. The van der Waals surface area contributed by atoms with Crippen LogP contribution in [-0.4, -0.2) is 14.5 Å². The predicted molar refractivity (Wildman–Crippen MR) is 87.5 cm³/mol. The second-order valence-corrected chi connectivity index (χ2v) is 6.50. The summed E-state index contributed by atoms with van der Waals surface area (Å²) >= 11 is -1.33. The van der Waals surface area contributed by atoms with Crippen LogP contribution in [0.2, 0.25) is 0 Å². The van der Waals surface area contributed by atoms with E-state index in [9.17, 15) is 8.94 Å². The largest absolute Gasteiger partial charge is 0.588 e. The number of ether oxygens (including phenoxy) is 1. The van der Waals surface area contributed by atoms with Gasteiger partial charge in [0.15, 0.2) is 22.3 Å². The number of benzene rings is 2. The smallest absolute Gasteiger partial charge is 0.324 e. The molecule has 0 bridgehead atoms. The molecule has 1 atom stereocenters. The van der Waals surface area contributed by atoms with Gasteiger partial charge >= 0.3 is 6.01 Å². The minimum Gasteiger partial charge on any atom is -0.588 e. The van der Waals surface area contributed by atoms with Gasteiger partial charge in [-0.15, -0.1) is 0 Å². The molecule has 1 aliphatic rings. The van der Waals surface area contributed by atoms with E-state index >= 15 is 0 Å². The van der Waals surface area contributed by atoms with Gasteiger partial charge < -0.3 is 9.29 Å². The zero-order chi connectivity index (χ0) is 16.5. The molecule has 0 N–H and O–H groups in total. The Morgan fingerprint density at radius 1 is 1.08 bits per heavy atom. The van der Waals surface area contributed by atoms with Crippen molar-refractivity contribution in [2.24, 2.45) is 0 Å². The maximum absolute atomic E-state index is 13.7. The highest BCUT2D eigenvalue weighted by atomic mass is 32.2. The Morgan fingerprint density at radius 2 is 1.88 bits per heavy atom. The van der Waals surface area contributed by atoms with E-state index in [1.54, 1.807) is 22.5 Å². The minimum atomic E-state index is -1.33. The van der Waals surface area contributed by atoms with Gasteiger partial charge in [0.1, 0.15) is 11.4 Å². The second kappa shape index (κ2) is 6.10. The summed E-state index contributed by atoms with van der Waals surface area (Å²) in [4.78, 5) is 9.02. The molecule has 7 heteroatoms. The Labute approximate surface area is 141 Å². The number of para-hydroxylation sites is 1. The van der Waals surface area contributed by atoms with E-state index in [1.165, 1.54) is 18.3 Å². The van der Waals surface area contributed by atoms with Gasteiger partial charge in [-0.2, -0.15) is 9.29 Å². The molecule has 2 aromatic carbocycles. The average molecular weight is 341 g/mol. The van der Waals surface area contributed by atoms with Crippen molar-refractivity contribution in [1.82, 2.24) is 9.97 Å². The molecule has 3 aromatic rings. The topological polar surface area (TPSA) is 61.3 Å². The van der Waals surface area contributed by atoms with Crippen LogP contribution in [0.3, 0.4) is 0 Å². The van der Waals surface area contributed by atoms with Crippen LogP contribution < -0.4 is 9.04 Å². The second-order valence-electron chi connectivity index (χ2n) is 5.12. The zero-order valence-corrected chi connectivity index (χ0v) is 13.2. The van der Waals surface area contributed by atoms with Crippen molar-refractivity contribution in [3.8, 4) is 11.8 Å². The van der Waals surface area contributed by atoms with Crippen molar-refractivity contribution in [2.75, 3.05) is 4.31 Å². The van der Waals surface area contributed by atoms with Crippen LogP contribution in [0.4, 0.5) is 10.2 Å². The average Bonchev–Trinajstić information content (AvgIpc) is 2.95. The van der Waals surface area contributed by atoms with Gasteiger partial charge in [-0.3, -0.25) is 0 Å². The van der Waals surface area contributed by atoms with Crippen LogP contribution >= 0.6 is 0 Å². The fourth-order valence-electron chi connectivity index (χ4n) is 2.45. The number of aromatic nitrogens is 2. The molecule has 2 heterocycles. The first kappa shape index (κ1) is 14.9. The van der Waals surface area contributed by atoms with Crippen LogP contribution in [-0.2, 0) is 17.9 Å². The van der Waals surface area contributed by atoms with Gasteiger partial charge in [0, 0.05) is 17.8 Å². The van der Waals surface area contributed by atoms with Crippen molar-refractivity contribution in [3.63, 3.8) is 0 Å². The highest BCUT2D eigenvalue weighted by Crippen LogP contribution is 2.34. The molecule has 0 radical (unpaired) electrons. The molecule has 1 unspecified atom stereocenters. The van der Waals surface area contributed by atoms with Gasteiger partial charge in [0.05, 0.1) is 6.54 Å². The normalized spacial score (nSPS) is 16.1. The van der Waals surface area contributed by atoms with E-state index in [4.69, 9.17) is 4.74 Å². The summed E-state index contributed by atoms with van der Waals surface area (Å²) in [6.45, 7) is 0.485. The molecular weight excluding hydrogens is 329 g/mol. The maximum Gasteiger partial charge on any atom is 0.324 e. The molecule has 0 fully saturated rings. The Hall–Kier alpha value is -2.64. The molecule has 0 aliphatic carbocycles. The summed E-state index contributed by atoms with van der Waals surface area (Å²) in [6, 6.07) is 15.2. The molecule has 120 valence electrons. The Kier molecular flexibility index (Phi) is 3.79. The van der Waals surface area contributed by atoms with Crippen LogP contribution in [0.25, 0.3) is 0 Å². The molecule has 0 spiro atoms. The number of rotatable bonds is 3. The third-order valence-corrected chi connectivity index (χ3v) is 5.08. The van der Waals surface area contributed by atoms with E-state index in [-0.39, 0.29) is 11.8 Å². The van der Waals surface area contributed by atoms with Crippen molar-refractivity contribution in [3.05, 3.63) is 72.2 Å². The fraction of sp³-hybridized carbons (Fsp3) is 0.0588. The van der Waals surface area contributed by atoms with Crippen molar-refractivity contribution in [2.45, 2.75) is 11.4 Å². The molecule has 1 aliphatic heterocycles. The molecule has 24 heavy (non-hydrogen) atoms. The molecule has 4 rings (SSSR count). The van der Waals surface area contributed by atoms with Crippen LogP contribution in [0.5, 0.6) is 11.8 Å². The molecule has 0 amide bonds. The standard InChI is InChI=1S/C17H12FN3O2S/c18-13-6-2-3-7-14(13)23-17-19-10-9-16(20-17)21-11-12-5-1-4-8-15(12)24(21)22/h1-10H,11H2. The maximum atomic E-state index is 13.7. The summed E-state index contributed by atoms with van der Waals surface area (Å²) in [7, 11) is 0. The summed E-state index contributed by atoms with van der Waals surface area (Å²) in [5.41, 5.74) is 0.992. The first-order valence-corrected chi connectivity index (χ1v) is 8.36. The van der Waals surface area contributed by atoms with Gasteiger partial charge in [0.25, 0.3) is 0 Å². The summed E-state index contributed by atoms with van der Waals surface area (Å²) in [5, 5.41) is 0. The lowest BCUT2D eigenvalue weighted by Crippen LogP contribution is -2.24. The van der Waals surface area contributed by atoms with E-state index in [2.05, 4.69) is 9.97 Å². The molecule has 1 aromatic heterocycles. The van der Waals surface area contributed by atoms with Crippen molar-refractivity contribution in [1.29, 1.82) is 0 Å². The third kappa shape index (κ3) is 2.68. The fourth-order valence-corrected chi connectivity index (χ4v) is 3.77. The number of nitrogens with zero attached hydrogens (tertiary/aromatic N) is 3. The monoisotopic (exact) mass is 341 g/mol. The van der Waals surface area contributed by atoms with E-state index in [0.29, 0.717) is 12.4 Å². The Bertz CT molecular complexity index is 893. The van der Waals surface area contributed by atoms with Crippen molar-refractivity contribution >= 4 is 17.2 Å². The quantitative estimate of drug-likeness (QED) is 0.683. The lowest BCUT2D eigenvalue weighted by atomic mass is 10.2. The van der Waals surface area contributed by atoms with Gasteiger partial charge in [-0.1, -0.05) is 30.3 Å². The van der Waals surface area contributed by atoms with Crippen LogP contribution in [0.1, 0.15) is 5.56 Å². The van der Waals surface area contributed by atoms with Crippen molar-refractivity contribution < 1.29 is 13.7 Å². The van der Waals surface area contributed by atoms with E-state index < -0.39 is 17.2 Å². The number of hydrogen-bond acceptors (Lipinski definition) is 5. The van der Waals surface area contributed by atoms with E-state index in [0.717, 1.165) is 10.5 Å². The number of fused-ring (bicyclic) bond motifs is 1. The van der Waals surface area contributed by atoms with Gasteiger partial charge in [0.2, 0.25) is 0 Å².